The average molecular weight is 285 g/mol. The number of carbonyl (C=O) groups is 2. The van der Waals surface area contributed by atoms with Crippen LogP contribution >= 0.6 is 0 Å². The minimum Gasteiger partial charge on any atom is -0.481 e. The van der Waals surface area contributed by atoms with Gasteiger partial charge in [-0.2, -0.15) is 4.98 Å². The lowest BCUT2D eigenvalue weighted by molar-refractivity contribution is -0.139. The van der Waals surface area contributed by atoms with Crippen molar-refractivity contribution < 1.29 is 24.0 Å². The van der Waals surface area contributed by atoms with Crippen molar-refractivity contribution in [3.8, 4) is 0 Å². The Morgan fingerprint density at radius 2 is 2.20 bits per heavy atom. The summed E-state index contributed by atoms with van der Waals surface area (Å²) in [4.78, 5) is 26.6. The number of methoxy groups -OCH3 is 1. The number of rotatable bonds is 8. The molecule has 0 aliphatic heterocycles. The van der Waals surface area contributed by atoms with E-state index in [4.69, 9.17) is 14.4 Å². The summed E-state index contributed by atoms with van der Waals surface area (Å²) in [6, 6.07) is 0. The third-order valence-corrected chi connectivity index (χ3v) is 2.58. The van der Waals surface area contributed by atoms with Gasteiger partial charge in [0.15, 0.2) is 5.82 Å². The van der Waals surface area contributed by atoms with Crippen molar-refractivity contribution in [2.24, 2.45) is 0 Å². The molecule has 0 aromatic carbocycles. The van der Waals surface area contributed by atoms with Crippen LogP contribution in [0.3, 0.4) is 0 Å². The molecule has 8 nitrogen and oxygen atoms in total. The first-order valence-electron chi connectivity index (χ1n) is 6.15. The normalized spacial score (nSPS) is 13.8. The van der Waals surface area contributed by atoms with Crippen molar-refractivity contribution in [2.75, 3.05) is 13.7 Å². The van der Waals surface area contributed by atoms with Gasteiger partial charge in [0.1, 0.15) is 0 Å². The molecule has 0 spiro atoms. The van der Waals surface area contributed by atoms with E-state index in [0.29, 0.717) is 18.1 Å². The second-order valence-corrected chi connectivity index (χ2v) is 4.85. The van der Waals surface area contributed by atoms with Crippen LogP contribution in [0.1, 0.15) is 31.5 Å². The van der Waals surface area contributed by atoms with Crippen LogP contribution in [-0.4, -0.2) is 46.4 Å². The first-order valence-corrected chi connectivity index (χ1v) is 6.15. The molecule has 0 aliphatic rings. The summed E-state index contributed by atoms with van der Waals surface area (Å²) < 4.78 is 9.85. The first kappa shape index (κ1) is 16.1. The lowest BCUT2D eigenvalue weighted by atomic mass is 9.98. The first-order chi connectivity index (χ1) is 9.34. The highest BCUT2D eigenvalue weighted by molar-refractivity contribution is 5.78. The Balaban J connectivity index is 2.51. The molecule has 1 aromatic heterocycles. The number of aromatic nitrogens is 2. The van der Waals surface area contributed by atoms with Crippen molar-refractivity contribution in [1.82, 2.24) is 15.5 Å². The van der Waals surface area contributed by atoms with E-state index in [1.807, 2.05) is 0 Å². The highest BCUT2D eigenvalue weighted by Crippen LogP contribution is 2.11. The Hall–Kier alpha value is -1.96. The van der Waals surface area contributed by atoms with Crippen LogP contribution < -0.4 is 5.32 Å². The third kappa shape index (κ3) is 5.35. The molecule has 1 unspecified atom stereocenters. The Labute approximate surface area is 116 Å². The number of carbonyl (C=O) groups excluding carboxylic acids is 1. The molecule has 20 heavy (non-hydrogen) atoms. The fourth-order valence-electron chi connectivity index (χ4n) is 1.84. The molecule has 2 N–H and O–H groups in total. The number of nitrogens with zero attached hydrogens (tertiary/aromatic N) is 2. The minimum atomic E-state index is -1.00. The van der Waals surface area contributed by atoms with Gasteiger partial charge in [-0.25, -0.2) is 0 Å². The Morgan fingerprint density at radius 1 is 1.50 bits per heavy atom. The molecule has 0 saturated heterocycles. The van der Waals surface area contributed by atoms with Crippen molar-refractivity contribution >= 4 is 11.9 Å². The third-order valence-electron chi connectivity index (χ3n) is 2.58. The summed E-state index contributed by atoms with van der Waals surface area (Å²) in [5.74, 6) is -0.404. The molecule has 1 aromatic rings. The summed E-state index contributed by atoms with van der Waals surface area (Å²) in [6.45, 7) is 3.43. The van der Waals surface area contributed by atoms with Gasteiger partial charge < -0.3 is 19.7 Å². The number of aryl methyl sites for hydroxylation is 2. The predicted molar refractivity (Wildman–Crippen MR) is 68.0 cm³/mol. The van der Waals surface area contributed by atoms with Crippen LogP contribution in [0.4, 0.5) is 0 Å². The van der Waals surface area contributed by atoms with Crippen LogP contribution in [-0.2, 0) is 20.7 Å². The van der Waals surface area contributed by atoms with E-state index in [-0.39, 0.29) is 25.4 Å². The van der Waals surface area contributed by atoms with Crippen molar-refractivity contribution in [2.45, 2.75) is 38.6 Å². The summed E-state index contributed by atoms with van der Waals surface area (Å²) >= 11 is 0. The van der Waals surface area contributed by atoms with Gasteiger partial charge in [0.2, 0.25) is 11.8 Å². The Kier molecular flexibility index (Phi) is 5.63. The highest BCUT2D eigenvalue weighted by Gasteiger charge is 2.29. The molecule has 0 radical (unpaired) electrons. The fourth-order valence-corrected chi connectivity index (χ4v) is 1.84. The van der Waals surface area contributed by atoms with Crippen LogP contribution in [0.2, 0.25) is 0 Å². The molecule has 0 saturated carbocycles. The van der Waals surface area contributed by atoms with Gasteiger partial charge >= 0.3 is 5.97 Å². The number of amides is 1. The van der Waals surface area contributed by atoms with E-state index in [9.17, 15) is 9.59 Å². The average Bonchev–Trinajstić information content (AvgIpc) is 2.71. The Bertz CT molecular complexity index is 473. The number of carboxylic acids is 1. The minimum absolute atomic E-state index is 0.116. The van der Waals surface area contributed by atoms with Crippen molar-refractivity contribution in [3.63, 3.8) is 0 Å². The largest absolute Gasteiger partial charge is 0.481 e. The van der Waals surface area contributed by atoms with Gasteiger partial charge in [0.05, 0.1) is 18.6 Å². The number of nitrogens with one attached hydrogen (secondary N) is 1. The van der Waals surface area contributed by atoms with Crippen LogP contribution in [0, 0.1) is 6.92 Å². The lowest BCUT2D eigenvalue weighted by Gasteiger charge is -2.28. The van der Waals surface area contributed by atoms with Gasteiger partial charge in [-0.05, 0) is 13.8 Å². The summed E-state index contributed by atoms with van der Waals surface area (Å²) in [7, 11) is 1.45. The molecule has 1 rings (SSSR count). The fraction of sp³-hybridized carbons (Fsp3) is 0.667. The molecule has 0 fully saturated rings. The van der Waals surface area contributed by atoms with E-state index in [1.165, 1.54) is 7.11 Å². The van der Waals surface area contributed by atoms with Gasteiger partial charge in [0.25, 0.3) is 0 Å². The summed E-state index contributed by atoms with van der Waals surface area (Å²) in [6.07, 6.45) is 0.232. The van der Waals surface area contributed by atoms with Gasteiger partial charge in [-0.3, -0.25) is 9.59 Å². The molecular weight excluding hydrogens is 266 g/mol. The zero-order valence-corrected chi connectivity index (χ0v) is 11.8. The highest BCUT2D eigenvalue weighted by atomic mass is 16.5. The Morgan fingerprint density at radius 3 is 2.70 bits per heavy atom. The molecule has 112 valence electrons. The van der Waals surface area contributed by atoms with Gasteiger partial charge in [-0.15, -0.1) is 0 Å². The topological polar surface area (TPSA) is 115 Å². The summed E-state index contributed by atoms with van der Waals surface area (Å²) in [5.41, 5.74) is -0.942. The number of hydrogen-bond acceptors (Lipinski definition) is 6. The van der Waals surface area contributed by atoms with Crippen molar-refractivity contribution in [1.29, 1.82) is 0 Å². The maximum absolute atomic E-state index is 11.8. The number of ether oxygens (including phenoxy) is 1. The van der Waals surface area contributed by atoms with E-state index in [1.54, 1.807) is 13.8 Å². The second-order valence-electron chi connectivity index (χ2n) is 4.85. The van der Waals surface area contributed by atoms with Gasteiger partial charge in [0, 0.05) is 20.0 Å². The van der Waals surface area contributed by atoms with Crippen molar-refractivity contribution in [3.05, 3.63) is 11.7 Å². The van der Waals surface area contributed by atoms with E-state index < -0.39 is 11.5 Å². The number of hydrogen-bond donors (Lipinski definition) is 2. The molecule has 1 amide bonds. The molecule has 8 heteroatoms. The molecule has 0 aliphatic carbocycles. The molecule has 1 atom stereocenters. The molecule has 0 bridgehead atoms. The van der Waals surface area contributed by atoms with E-state index in [2.05, 4.69) is 15.5 Å². The second kappa shape index (κ2) is 6.99. The van der Waals surface area contributed by atoms with Crippen LogP contribution in [0.25, 0.3) is 0 Å². The summed E-state index contributed by atoms with van der Waals surface area (Å²) in [5, 5.41) is 15.1. The smallest absolute Gasteiger partial charge is 0.305 e. The maximum Gasteiger partial charge on any atom is 0.305 e. The monoisotopic (exact) mass is 285 g/mol. The number of carboxylic acid groups (broad SMARTS) is 1. The van der Waals surface area contributed by atoms with Crippen LogP contribution in [0.5, 0.6) is 0 Å². The molecule has 1 heterocycles. The molecular formula is C12H19N3O5. The van der Waals surface area contributed by atoms with E-state index in [0.717, 1.165) is 0 Å². The predicted octanol–water partition coefficient (Wildman–Crippen LogP) is 0.307. The zero-order chi connectivity index (χ0) is 15.2. The SMILES string of the molecule is COCC(C)(CC(=O)O)NC(=O)CCc1nc(C)no1. The number of aliphatic carboxylic acids is 1. The lowest BCUT2D eigenvalue weighted by Crippen LogP contribution is -2.50. The maximum atomic E-state index is 11.8. The van der Waals surface area contributed by atoms with Gasteiger partial charge in [-0.1, -0.05) is 5.16 Å². The quantitative estimate of drug-likeness (QED) is 0.706. The zero-order valence-electron chi connectivity index (χ0n) is 11.8. The standard InChI is InChI=1S/C12H19N3O5/c1-8-13-10(20-15-8)5-4-9(16)14-12(2,7-19-3)6-11(17)18/h4-7H2,1-3H3,(H,14,16)(H,17,18). The van der Waals surface area contributed by atoms with Crippen LogP contribution in [0.15, 0.2) is 4.52 Å². The van der Waals surface area contributed by atoms with E-state index >= 15 is 0 Å².